The number of benzene rings is 2. The maximum absolute atomic E-state index is 12.5. The van der Waals surface area contributed by atoms with Gasteiger partial charge < -0.3 is 10.1 Å². The molecule has 0 aliphatic rings. The lowest BCUT2D eigenvalue weighted by molar-refractivity contribution is -0.121. The fourth-order valence-electron chi connectivity index (χ4n) is 2.65. The Morgan fingerprint density at radius 1 is 1.12 bits per heavy atom. The van der Waals surface area contributed by atoms with Crippen LogP contribution in [0.1, 0.15) is 37.4 Å². The molecule has 0 saturated heterocycles. The molecule has 4 heteroatoms. The van der Waals surface area contributed by atoms with Crippen molar-refractivity contribution in [3.05, 3.63) is 64.7 Å². The molecule has 2 aromatic carbocycles. The minimum Gasteiger partial charge on any atom is -0.497 e. The van der Waals surface area contributed by atoms with E-state index in [2.05, 4.69) is 19.2 Å². The lowest BCUT2D eigenvalue weighted by atomic mass is 9.96. The van der Waals surface area contributed by atoms with E-state index in [1.807, 2.05) is 42.5 Å². The number of hydrogen-bond acceptors (Lipinski definition) is 2. The minimum absolute atomic E-state index is 0.0223. The predicted molar refractivity (Wildman–Crippen MR) is 98.5 cm³/mol. The highest BCUT2D eigenvalue weighted by Gasteiger charge is 2.17. The molecule has 0 radical (unpaired) electrons. The van der Waals surface area contributed by atoms with Gasteiger partial charge in [-0.2, -0.15) is 0 Å². The molecule has 1 amide bonds. The highest BCUT2D eigenvalue weighted by atomic mass is 35.5. The molecule has 3 nitrogen and oxygen atoms in total. The van der Waals surface area contributed by atoms with E-state index < -0.39 is 0 Å². The highest BCUT2D eigenvalue weighted by molar-refractivity contribution is 6.31. The van der Waals surface area contributed by atoms with Gasteiger partial charge in [0, 0.05) is 5.02 Å². The lowest BCUT2D eigenvalue weighted by Gasteiger charge is -2.21. The molecule has 0 saturated carbocycles. The molecule has 0 fully saturated rings. The zero-order valence-electron chi connectivity index (χ0n) is 14.4. The molecular formula is C20H24ClNO2. The molecule has 1 unspecified atom stereocenters. The summed E-state index contributed by atoms with van der Waals surface area (Å²) in [5.74, 6) is 1.26. The third-order valence-electron chi connectivity index (χ3n) is 3.87. The van der Waals surface area contributed by atoms with Gasteiger partial charge in [-0.05, 0) is 41.7 Å². The predicted octanol–water partition coefficient (Wildman–Crippen LogP) is 4.79. The zero-order valence-corrected chi connectivity index (χ0v) is 15.1. The van der Waals surface area contributed by atoms with Gasteiger partial charge in [0.1, 0.15) is 5.75 Å². The molecule has 2 rings (SSSR count). The molecule has 2 aromatic rings. The van der Waals surface area contributed by atoms with E-state index in [0.717, 1.165) is 23.3 Å². The summed E-state index contributed by atoms with van der Waals surface area (Å²) >= 11 is 6.15. The van der Waals surface area contributed by atoms with Gasteiger partial charge in [-0.1, -0.05) is 55.8 Å². The van der Waals surface area contributed by atoms with Gasteiger partial charge in [0.2, 0.25) is 5.91 Å². The second-order valence-corrected chi connectivity index (χ2v) is 6.70. The summed E-state index contributed by atoms with van der Waals surface area (Å²) in [6, 6.07) is 15.3. The van der Waals surface area contributed by atoms with Crippen LogP contribution in [-0.4, -0.2) is 13.0 Å². The summed E-state index contributed by atoms with van der Waals surface area (Å²) in [7, 11) is 1.64. The van der Waals surface area contributed by atoms with Gasteiger partial charge in [0.25, 0.3) is 0 Å². The second-order valence-electron chi connectivity index (χ2n) is 6.29. The van der Waals surface area contributed by atoms with Crippen LogP contribution in [0.5, 0.6) is 5.75 Å². The van der Waals surface area contributed by atoms with E-state index in [1.54, 1.807) is 13.2 Å². The van der Waals surface area contributed by atoms with Crippen LogP contribution in [0.3, 0.4) is 0 Å². The number of hydrogen-bond donors (Lipinski definition) is 1. The first-order valence-electron chi connectivity index (χ1n) is 8.16. The van der Waals surface area contributed by atoms with Crippen LogP contribution < -0.4 is 10.1 Å². The average molecular weight is 346 g/mol. The van der Waals surface area contributed by atoms with Gasteiger partial charge in [0.05, 0.1) is 19.6 Å². The Morgan fingerprint density at radius 2 is 1.79 bits per heavy atom. The van der Waals surface area contributed by atoms with Crippen molar-refractivity contribution in [2.24, 2.45) is 5.92 Å². The van der Waals surface area contributed by atoms with Crippen LogP contribution in [0, 0.1) is 5.92 Å². The molecule has 0 heterocycles. The average Bonchev–Trinajstić information content (AvgIpc) is 2.56. The van der Waals surface area contributed by atoms with Crippen LogP contribution in [0.15, 0.2) is 48.5 Å². The Morgan fingerprint density at radius 3 is 2.38 bits per heavy atom. The molecule has 0 aromatic heterocycles. The van der Waals surface area contributed by atoms with Crippen LogP contribution in [0.4, 0.5) is 0 Å². The Bertz CT molecular complexity index is 668. The molecule has 1 atom stereocenters. The summed E-state index contributed by atoms with van der Waals surface area (Å²) < 4.78 is 5.20. The fourth-order valence-corrected chi connectivity index (χ4v) is 2.85. The van der Waals surface area contributed by atoms with Crippen molar-refractivity contribution < 1.29 is 9.53 Å². The van der Waals surface area contributed by atoms with Crippen LogP contribution in [0.2, 0.25) is 5.02 Å². The van der Waals surface area contributed by atoms with E-state index in [9.17, 15) is 4.79 Å². The Balaban J connectivity index is 2.10. The largest absolute Gasteiger partial charge is 0.497 e. The van der Waals surface area contributed by atoms with Crippen molar-refractivity contribution in [2.45, 2.75) is 32.7 Å². The quantitative estimate of drug-likeness (QED) is 0.783. The van der Waals surface area contributed by atoms with E-state index in [1.165, 1.54) is 0 Å². The normalized spacial score (nSPS) is 12.0. The molecule has 128 valence electrons. The first-order chi connectivity index (χ1) is 11.5. The first kappa shape index (κ1) is 18.3. The van der Waals surface area contributed by atoms with Crippen molar-refractivity contribution in [3.8, 4) is 5.75 Å². The van der Waals surface area contributed by atoms with Gasteiger partial charge in [0.15, 0.2) is 0 Å². The number of amides is 1. The molecule has 0 aliphatic heterocycles. The third-order valence-corrected chi connectivity index (χ3v) is 4.24. The Labute approximate surface area is 149 Å². The summed E-state index contributed by atoms with van der Waals surface area (Å²) in [5, 5.41) is 3.76. The zero-order chi connectivity index (χ0) is 17.5. The summed E-state index contributed by atoms with van der Waals surface area (Å²) in [6.07, 6.45) is 1.16. The monoisotopic (exact) mass is 345 g/mol. The molecule has 0 aliphatic carbocycles. The first-order valence-corrected chi connectivity index (χ1v) is 8.54. The fraction of sp³-hybridized carbons (Fsp3) is 0.350. The maximum atomic E-state index is 12.5. The maximum Gasteiger partial charge on any atom is 0.224 e. The minimum atomic E-state index is -0.0235. The number of carbonyl (C=O) groups excluding carboxylic acids is 1. The van der Waals surface area contributed by atoms with Gasteiger partial charge >= 0.3 is 0 Å². The van der Waals surface area contributed by atoms with E-state index >= 15 is 0 Å². The van der Waals surface area contributed by atoms with Crippen molar-refractivity contribution >= 4 is 17.5 Å². The van der Waals surface area contributed by atoms with Gasteiger partial charge in [-0.25, -0.2) is 0 Å². The van der Waals surface area contributed by atoms with Gasteiger partial charge in [-0.15, -0.1) is 0 Å². The van der Waals surface area contributed by atoms with Crippen molar-refractivity contribution in [1.82, 2.24) is 5.32 Å². The molecule has 0 bridgehead atoms. The van der Waals surface area contributed by atoms with Crippen LogP contribution >= 0.6 is 11.6 Å². The van der Waals surface area contributed by atoms with Crippen molar-refractivity contribution in [2.75, 3.05) is 7.11 Å². The molecular weight excluding hydrogens is 322 g/mol. The number of halogens is 1. The molecule has 24 heavy (non-hydrogen) atoms. The number of methoxy groups -OCH3 is 1. The molecule has 1 N–H and O–H groups in total. The number of nitrogens with one attached hydrogen (secondary N) is 1. The summed E-state index contributed by atoms with van der Waals surface area (Å²) in [4.78, 5) is 12.5. The van der Waals surface area contributed by atoms with E-state index in [0.29, 0.717) is 10.9 Å². The number of carbonyl (C=O) groups is 1. The van der Waals surface area contributed by atoms with E-state index in [-0.39, 0.29) is 18.4 Å². The third kappa shape index (κ3) is 5.27. The highest BCUT2D eigenvalue weighted by Crippen LogP contribution is 2.24. The van der Waals surface area contributed by atoms with Crippen molar-refractivity contribution in [1.29, 1.82) is 0 Å². The topological polar surface area (TPSA) is 38.3 Å². The number of ether oxygens (including phenoxy) is 1. The smallest absolute Gasteiger partial charge is 0.224 e. The van der Waals surface area contributed by atoms with Gasteiger partial charge in [-0.3, -0.25) is 4.79 Å². The summed E-state index contributed by atoms with van der Waals surface area (Å²) in [5.41, 5.74) is 1.92. The standard InChI is InChI=1S/C20H24ClNO2/c1-14(2)12-19(15-8-10-17(24-3)11-9-15)22-20(23)13-16-6-4-5-7-18(16)21/h4-11,14,19H,12-13H2,1-3H3,(H,22,23). The number of rotatable bonds is 7. The summed E-state index contributed by atoms with van der Waals surface area (Å²) in [6.45, 7) is 4.30. The second kappa shape index (κ2) is 8.74. The Hall–Kier alpha value is -2.00. The van der Waals surface area contributed by atoms with Crippen molar-refractivity contribution in [3.63, 3.8) is 0 Å². The van der Waals surface area contributed by atoms with Crippen LogP contribution in [-0.2, 0) is 11.2 Å². The van der Waals surface area contributed by atoms with Crippen LogP contribution in [0.25, 0.3) is 0 Å². The molecule has 0 spiro atoms. The van der Waals surface area contributed by atoms with E-state index in [4.69, 9.17) is 16.3 Å². The lowest BCUT2D eigenvalue weighted by Crippen LogP contribution is -2.30. The SMILES string of the molecule is COc1ccc(C(CC(C)C)NC(=O)Cc2ccccc2Cl)cc1. The Kier molecular flexibility index (Phi) is 6.68.